The van der Waals surface area contributed by atoms with Crippen LogP contribution in [0.3, 0.4) is 0 Å². The SMILES string of the molecule is O=c1c2c(nc3ccc(Br)cn13)/C(=C\c1ccc(F)cc1)CC2. The summed E-state index contributed by atoms with van der Waals surface area (Å²) < 4.78 is 15.4. The van der Waals surface area contributed by atoms with Crippen molar-refractivity contribution in [1.29, 1.82) is 0 Å². The third kappa shape index (κ3) is 2.51. The smallest absolute Gasteiger partial charge is 0.261 e. The van der Waals surface area contributed by atoms with Crippen LogP contribution in [0.1, 0.15) is 23.2 Å². The van der Waals surface area contributed by atoms with E-state index in [9.17, 15) is 9.18 Å². The molecule has 3 nitrogen and oxygen atoms in total. The molecule has 0 unspecified atom stereocenters. The monoisotopic (exact) mass is 370 g/mol. The number of hydrogen-bond donors (Lipinski definition) is 0. The van der Waals surface area contributed by atoms with E-state index in [1.165, 1.54) is 12.1 Å². The molecule has 2 heterocycles. The van der Waals surface area contributed by atoms with E-state index >= 15 is 0 Å². The van der Waals surface area contributed by atoms with Gasteiger partial charge in [0.1, 0.15) is 11.5 Å². The molecule has 1 aliphatic rings. The predicted molar refractivity (Wildman–Crippen MR) is 91.8 cm³/mol. The van der Waals surface area contributed by atoms with Gasteiger partial charge in [0.15, 0.2) is 0 Å². The second kappa shape index (κ2) is 5.42. The van der Waals surface area contributed by atoms with Crippen LogP contribution in [-0.2, 0) is 6.42 Å². The number of allylic oxidation sites excluding steroid dienone is 1. The molecule has 0 saturated heterocycles. The zero-order chi connectivity index (χ0) is 16.0. The average Bonchev–Trinajstić information content (AvgIpc) is 2.94. The highest BCUT2D eigenvalue weighted by Crippen LogP contribution is 2.30. The lowest BCUT2D eigenvalue weighted by Crippen LogP contribution is -2.19. The standard InChI is InChI=1S/C18H12BrFN2O/c19-13-4-8-16-21-17-12(9-11-1-5-14(20)6-2-11)3-7-15(17)18(23)22(16)10-13/h1-2,4-6,8-10H,3,7H2/b12-9-. The molecular formula is C18H12BrFN2O. The van der Waals surface area contributed by atoms with E-state index in [2.05, 4.69) is 20.9 Å². The van der Waals surface area contributed by atoms with Crippen molar-refractivity contribution >= 4 is 33.2 Å². The first-order chi connectivity index (χ1) is 11.1. The van der Waals surface area contributed by atoms with Gasteiger partial charge in [-0.2, -0.15) is 0 Å². The average molecular weight is 371 g/mol. The van der Waals surface area contributed by atoms with Crippen LogP contribution in [-0.4, -0.2) is 9.38 Å². The van der Waals surface area contributed by atoms with Gasteiger partial charge in [-0.15, -0.1) is 0 Å². The highest BCUT2D eigenvalue weighted by Gasteiger charge is 2.22. The van der Waals surface area contributed by atoms with Crippen molar-refractivity contribution < 1.29 is 4.39 Å². The summed E-state index contributed by atoms with van der Waals surface area (Å²) in [5, 5.41) is 0. The Morgan fingerprint density at radius 1 is 1.13 bits per heavy atom. The molecular weight excluding hydrogens is 359 g/mol. The number of pyridine rings is 1. The molecule has 23 heavy (non-hydrogen) atoms. The molecule has 0 aliphatic heterocycles. The Balaban J connectivity index is 1.88. The number of benzene rings is 1. The maximum absolute atomic E-state index is 13.0. The molecule has 5 heteroatoms. The number of fused-ring (bicyclic) bond motifs is 2. The maximum Gasteiger partial charge on any atom is 0.261 e. The van der Waals surface area contributed by atoms with E-state index < -0.39 is 0 Å². The fourth-order valence-electron chi connectivity index (χ4n) is 2.92. The molecule has 0 N–H and O–H groups in total. The van der Waals surface area contributed by atoms with Gasteiger partial charge in [0.25, 0.3) is 5.56 Å². The van der Waals surface area contributed by atoms with Gasteiger partial charge >= 0.3 is 0 Å². The fraction of sp³-hybridized carbons (Fsp3) is 0.111. The molecule has 0 bridgehead atoms. The predicted octanol–water partition coefficient (Wildman–Crippen LogP) is 4.08. The van der Waals surface area contributed by atoms with Crippen LogP contribution < -0.4 is 5.56 Å². The minimum Gasteiger partial charge on any atom is -0.269 e. The summed E-state index contributed by atoms with van der Waals surface area (Å²) in [6.07, 6.45) is 5.18. The minimum absolute atomic E-state index is 0.0196. The van der Waals surface area contributed by atoms with E-state index in [1.807, 2.05) is 18.2 Å². The van der Waals surface area contributed by atoms with E-state index in [4.69, 9.17) is 0 Å². The van der Waals surface area contributed by atoms with Crippen LogP contribution in [0.2, 0.25) is 0 Å². The first kappa shape index (κ1) is 14.3. The van der Waals surface area contributed by atoms with Crippen molar-refractivity contribution in [3.05, 3.63) is 80.1 Å². The van der Waals surface area contributed by atoms with Gasteiger partial charge in [0, 0.05) is 16.2 Å². The molecule has 0 fully saturated rings. The first-order valence-corrected chi connectivity index (χ1v) is 8.08. The van der Waals surface area contributed by atoms with Gasteiger partial charge in [0.2, 0.25) is 0 Å². The van der Waals surface area contributed by atoms with Crippen molar-refractivity contribution in [2.45, 2.75) is 12.8 Å². The first-order valence-electron chi connectivity index (χ1n) is 7.29. The molecule has 1 aliphatic carbocycles. The topological polar surface area (TPSA) is 34.4 Å². The van der Waals surface area contributed by atoms with Crippen LogP contribution in [0.4, 0.5) is 4.39 Å². The maximum atomic E-state index is 13.0. The molecule has 1 aromatic carbocycles. The van der Waals surface area contributed by atoms with Gasteiger partial charge in [-0.1, -0.05) is 12.1 Å². The summed E-state index contributed by atoms with van der Waals surface area (Å²) in [5.41, 5.74) is 4.05. The number of rotatable bonds is 1. The van der Waals surface area contributed by atoms with E-state index in [1.54, 1.807) is 22.7 Å². The third-order valence-corrected chi connectivity index (χ3v) is 4.51. The lowest BCUT2D eigenvalue weighted by Gasteiger charge is -2.05. The van der Waals surface area contributed by atoms with Crippen molar-refractivity contribution in [3.8, 4) is 0 Å². The molecule has 3 aromatic rings. The van der Waals surface area contributed by atoms with Crippen LogP contribution in [0.15, 0.2) is 51.9 Å². The highest BCUT2D eigenvalue weighted by atomic mass is 79.9. The Kier molecular flexibility index (Phi) is 3.38. The Morgan fingerprint density at radius 3 is 2.70 bits per heavy atom. The Morgan fingerprint density at radius 2 is 1.91 bits per heavy atom. The van der Waals surface area contributed by atoms with E-state index in [0.29, 0.717) is 12.1 Å². The van der Waals surface area contributed by atoms with Gasteiger partial charge in [-0.25, -0.2) is 9.37 Å². The normalized spacial score (nSPS) is 15.3. The summed E-state index contributed by atoms with van der Waals surface area (Å²) in [6.45, 7) is 0. The van der Waals surface area contributed by atoms with Crippen LogP contribution in [0.5, 0.6) is 0 Å². The van der Waals surface area contributed by atoms with Crippen LogP contribution in [0, 0.1) is 5.82 Å². The number of hydrogen-bond acceptors (Lipinski definition) is 2. The quantitative estimate of drug-likeness (QED) is 0.646. The van der Waals surface area contributed by atoms with Crippen LogP contribution in [0.25, 0.3) is 17.3 Å². The number of aromatic nitrogens is 2. The zero-order valence-corrected chi connectivity index (χ0v) is 13.7. The molecule has 0 atom stereocenters. The second-order valence-corrected chi connectivity index (χ2v) is 6.46. The van der Waals surface area contributed by atoms with Crippen molar-refractivity contribution in [2.75, 3.05) is 0 Å². The van der Waals surface area contributed by atoms with Crippen molar-refractivity contribution in [1.82, 2.24) is 9.38 Å². The molecule has 2 aromatic heterocycles. The molecule has 0 saturated carbocycles. The minimum atomic E-state index is -0.257. The Hall–Kier alpha value is -2.27. The summed E-state index contributed by atoms with van der Waals surface area (Å²) in [7, 11) is 0. The van der Waals surface area contributed by atoms with E-state index in [0.717, 1.165) is 33.3 Å². The Labute approximate surface area is 140 Å². The van der Waals surface area contributed by atoms with Crippen molar-refractivity contribution in [2.24, 2.45) is 0 Å². The molecule has 114 valence electrons. The third-order valence-electron chi connectivity index (χ3n) is 4.04. The summed E-state index contributed by atoms with van der Waals surface area (Å²) >= 11 is 3.38. The fourth-order valence-corrected chi connectivity index (χ4v) is 3.26. The van der Waals surface area contributed by atoms with Crippen molar-refractivity contribution in [3.63, 3.8) is 0 Å². The Bertz CT molecular complexity index is 1010. The lowest BCUT2D eigenvalue weighted by molar-refractivity contribution is 0.628. The lowest BCUT2D eigenvalue weighted by atomic mass is 10.1. The summed E-state index contributed by atoms with van der Waals surface area (Å²) in [4.78, 5) is 17.3. The second-order valence-electron chi connectivity index (χ2n) is 5.54. The van der Waals surface area contributed by atoms with Gasteiger partial charge < -0.3 is 0 Å². The molecule has 0 amide bonds. The molecule has 4 rings (SSSR count). The highest BCUT2D eigenvalue weighted by molar-refractivity contribution is 9.10. The van der Waals surface area contributed by atoms with Gasteiger partial charge in [-0.3, -0.25) is 9.20 Å². The molecule has 0 spiro atoms. The van der Waals surface area contributed by atoms with Gasteiger partial charge in [0.05, 0.1) is 5.69 Å². The zero-order valence-electron chi connectivity index (χ0n) is 12.1. The molecule has 0 radical (unpaired) electrons. The van der Waals surface area contributed by atoms with E-state index in [-0.39, 0.29) is 11.4 Å². The number of nitrogens with zero attached hydrogens (tertiary/aromatic N) is 2. The summed E-state index contributed by atoms with van der Waals surface area (Å²) in [6, 6.07) is 10.0. The largest absolute Gasteiger partial charge is 0.269 e. The van der Waals surface area contributed by atoms with Gasteiger partial charge in [-0.05, 0) is 70.2 Å². The number of halogens is 2. The summed E-state index contributed by atoms with van der Waals surface area (Å²) in [5.74, 6) is -0.257. The van der Waals surface area contributed by atoms with Crippen LogP contribution >= 0.6 is 15.9 Å².